The van der Waals surface area contributed by atoms with E-state index >= 15 is 0 Å². The third-order valence-corrected chi connectivity index (χ3v) is 13.2. The van der Waals surface area contributed by atoms with Crippen LogP contribution in [0.25, 0.3) is 0 Å². The van der Waals surface area contributed by atoms with Gasteiger partial charge in [0.1, 0.15) is 12.1 Å². The van der Waals surface area contributed by atoms with Crippen molar-refractivity contribution in [2.24, 2.45) is 28.6 Å². The van der Waals surface area contributed by atoms with E-state index < -0.39 is 17.3 Å². The summed E-state index contributed by atoms with van der Waals surface area (Å²) in [5, 5.41) is 17.7. The van der Waals surface area contributed by atoms with Gasteiger partial charge < -0.3 is 29.4 Å². The van der Waals surface area contributed by atoms with E-state index in [-0.39, 0.29) is 52.8 Å². The highest BCUT2D eigenvalue weighted by molar-refractivity contribution is 5.81. The molecule has 1 aliphatic heterocycles. The number of urea groups is 1. The van der Waals surface area contributed by atoms with Gasteiger partial charge in [-0.15, -0.1) is 0 Å². The average Bonchev–Trinajstić information content (AvgIpc) is 3.32. The Labute approximate surface area is 290 Å². The number of hydrogen-bond donors (Lipinski definition) is 3. The molecule has 8 atom stereocenters. The summed E-state index contributed by atoms with van der Waals surface area (Å²) in [5.41, 5.74) is 2.07. The first-order valence-electron chi connectivity index (χ1n) is 18.4. The van der Waals surface area contributed by atoms with E-state index in [0.717, 1.165) is 63.4 Å². The maximum absolute atomic E-state index is 13.4. The quantitative estimate of drug-likeness (QED) is 0.413. The number of amides is 4. The molecule has 4 amide bonds. The number of likely N-dealkylation sites (N-methyl/N-ethyl adjacent to an activating group) is 1. The number of rotatable bonds is 5. The van der Waals surface area contributed by atoms with E-state index in [4.69, 9.17) is 9.15 Å². The van der Waals surface area contributed by atoms with Gasteiger partial charge in [0, 0.05) is 50.7 Å². The van der Waals surface area contributed by atoms with Gasteiger partial charge in [-0.2, -0.15) is 0 Å². The summed E-state index contributed by atoms with van der Waals surface area (Å²) >= 11 is 0. The second kappa shape index (κ2) is 13.2. The summed E-state index contributed by atoms with van der Waals surface area (Å²) in [6.07, 6.45) is 9.83. The first kappa shape index (κ1) is 35.7. The zero-order valence-corrected chi connectivity index (χ0v) is 30.3. The highest BCUT2D eigenvalue weighted by Gasteiger charge is 2.67. The van der Waals surface area contributed by atoms with Gasteiger partial charge in [0.05, 0.1) is 11.9 Å². The molecule has 12 heteroatoms. The number of carbonyl (C=O) groups excluding carboxylic acids is 3. The molecule has 1 aromatic rings. The molecule has 1 saturated heterocycles. The zero-order chi connectivity index (χ0) is 35.4. The Hall–Kier alpha value is -3.12. The number of hydrazine groups is 1. The number of nitrogens with zero attached hydrogens (tertiary/aromatic N) is 3. The van der Waals surface area contributed by atoms with E-state index in [0.29, 0.717) is 38.0 Å². The molecule has 0 spiro atoms. The van der Waals surface area contributed by atoms with Crippen LogP contribution in [-0.4, -0.2) is 95.0 Å². The van der Waals surface area contributed by atoms with Crippen molar-refractivity contribution < 1.29 is 28.6 Å². The van der Waals surface area contributed by atoms with Crippen molar-refractivity contribution in [1.82, 2.24) is 25.6 Å². The van der Waals surface area contributed by atoms with Crippen LogP contribution in [0, 0.1) is 28.6 Å². The van der Waals surface area contributed by atoms with Gasteiger partial charge in [-0.3, -0.25) is 10.2 Å². The molecule has 3 N–H and O–H groups in total. The van der Waals surface area contributed by atoms with Crippen molar-refractivity contribution in [1.29, 1.82) is 0 Å². The molecular weight excluding hydrogens is 626 g/mol. The summed E-state index contributed by atoms with van der Waals surface area (Å²) in [6.45, 7) is 12.0. The Morgan fingerprint density at radius 1 is 1.00 bits per heavy atom. The predicted octanol–water partition coefficient (Wildman–Crippen LogP) is 4.47. The first-order valence-corrected chi connectivity index (χ1v) is 18.4. The van der Waals surface area contributed by atoms with Crippen LogP contribution in [0.1, 0.15) is 104 Å². The average molecular weight is 684 g/mol. The molecule has 4 saturated carbocycles. The molecule has 0 aromatic carbocycles. The van der Waals surface area contributed by atoms with E-state index in [1.165, 1.54) is 18.0 Å². The van der Waals surface area contributed by atoms with Crippen molar-refractivity contribution in [2.45, 2.75) is 116 Å². The minimum Gasteiger partial charge on any atom is -0.444 e. The minimum absolute atomic E-state index is 0.0468. The molecule has 0 unspecified atom stereocenters. The topological polar surface area (TPSA) is 145 Å². The van der Waals surface area contributed by atoms with Gasteiger partial charge in [-0.25, -0.2) is 19.4 Å². The van der Waals surface area contributed by atoms with Crippen LogP contribution in [0.15, 0.2) is 27.6 Å². The Balaban J connectivity index is 0.986. The Bertz CT molecular complexity index is 1450. The van der Waals surface area contributed by atoms with Crippen molar-refractivity contribution in [3.05, 3.63) is 34.4 Å². The molecule has 5 aliphatic rings. The highest BCUT2D eigenvalue weighted by Crippen LogP contribution is 2.70. The number of fused-ring (bicyclic) bond motifs is 5. The monoisotopic (exact) mass is 683 g/mol. The summed E-state index contributed by atoms with van der Waals surface area (Å²) in [5.74, 6) is 1.10. The molecule has 5 fully saturated rings. The number of ether oxygens (including phenoxy) is 1. The minimum atomic E-state index is -0.731. The highest BCUT2D eigenvalue weighted by atomic mass is 16.6. The van der Waals surface area contributed by atoms with E-state index in [1.54, 1.807) is 32.0 Å². The lowest BCUT2D eigenvalue weighted by Crippen LogP contribution is -2.63. The molecule has 2 heterocycles. The number of hydrogen-bond acceptors (Lipinski definition) is 8. The number of nitrogens with one attached hydrogen (secondary N) is 2. The van der Waals surface area contributed by atoms with Gasteiger partial charge in [-0.05, 0) is 119 Å². The fraction of sp³-hybridized carbons (Fsp3) is 0.784. The first-order chi connectivity index (χ1) is 23.0. The lowest BCUT2D eigenvalue weighted by molar-refractivity contribution is -0.201. The van der Waals surface area contributed by atoms with Crippen LogP contribution in [0.5, 0.6) is 0 Å². The normalized spacial score (nSPS) is 36.1. The van der Waals surface area contributed by atoms with Gasteiger partial charge in [0.15, 0.2) is 0 Å². The van der Waals surface area contributed by atoms with E-state index in [1.807, 2.05) is 11.0 Å². The van der Waals surface area contributed by atoms with Crippen LogP contribution in [0.4, 0.5) is 9.59 Å². The van der Waals surface area contributed by atoms with Gasteiger partial charge in [-0.1, -0.05) is 13.8 Å². The van der Waals surface area contributed by atoms with Crippen molar-refractivity contribution in [2.75, 3.05) is 39.8 Å². The molecule has 272 valence electrons. The molecule has 1 aromatic heterocycles. The number of piperazine rings is 1. The zero-order valence-electron chi connectivity index (χ0n) is 30.3. The number of carbonyl (C=O) groups is 3. The van der Waals surface area contributed by atoms with Gasteiger partial charge >= 0.3 is 17.7 Å². The molecule has 0 bridgehead atoms. The Morgan fingerprint density at radius 2 is 1.73 bits per heavy atom. The third-order valence-electron chi connectivity index (χ3n) is 13.2. The van der Waals surface area contributed by atoms with Crippen molar-refractivity contribution in [3.63, 3.8) is 0 Å². The maximum Gasteiger partial charge on any atom is 0.410 e. The lowest BCUT2D eigenvalue weighted by Gasteiger charge is -2.63. The van der Waals surface area contributed by atoms with E-state index in [2.05, 4.69) is 24.6 Å². The van der Waals surface area contributed by atoms with Crippen LogP contribution >= 0.6 is 0 Å². The third kappa shape index (κ3) is 6.83. The molecule has 0 radical (unpaired) electrons. The molecule has 12 nitrogen and oxygen atoms in total. The standard InChI is InChI=1S/C37H57N5O7/c1-34(2,3)49-33(46)40(6)22-30(43)39-42-19-17-41(18-20-42)32(45)38-26-11-14-35(4)25(21-26)8-9-29-28(35)12-15-36(5)27(13-16-37(29,36)47)24-7-10-31(44)48-23-24/h7,10,23,25-29,47H,8-9,11-22H2,1-6H3,(H,38,45)(H,39,43)/t25-,26+,27-,28+,29-,35+,36-,37+/m1/s1. The predicted molar refractivity (Wildman–Crippen MR) is 183 cm³/mol. The Morgan fingerprint density at radius 3 is 2.41 bits per heavy atom. The molecule has 6 rings (SSSR count). The molecular formula is C37H57N5O7. The SMILES string of the molecule is CN(CC(=O)NN1CCN(C(=O)N[C@H]2CC[C@@]3(C)[C@H](CC[C@@H]4[C@@H]3CC[C@]3(C)[C@@H](c5ccc(=O)oc5)CC[C@]43O)C2)CC1)C(=O)OC(C)(C)C. The molecule has 49 heavy (non-hydrogen) atoms. The fourth-order valence-corrected chi connectivity index (χ4v) is 10.6. The fourth-order valence-electron chi connectivity index (χ4n) is 10.6. The van der Waals surface area contributed by atoms with Crippen LogP contribution < -0.4 is 16.4 Å². The van der Waals surface area contributed by atoms with Crippen molar-refractivity contribution >= 4 is 18.0 Å². The summed E-state index contributed by atoms with van der Waals surface area (Å²) in [6, 6.07) is 3.47. The second-order valence-corrected chi connectivity index (χ2v) is 17.1. The summed E-state index contributed by atoms with van der Waals surface area (Å²) < 4.78 is 10.6. The van der Waals surface area contributed by atoms with E-state index in [9.17, 15) is 24.3 Å². The van der Waals surface area contributed by atoms with Crippen LogP contribution in [0.3, 0.4) is 0 Å². The Kier molecular flexibility index (Phi) is 9.62. The number of aliphatic hydroxyl groups is 1. The summed E-state index contributed by atoms with van der Waals surface area (Å²) in [7, 11) is 1.53. The largest absolute Gasteiger partial charge is 0.444 e. The lowest BCUT2D eigenvalue weighted by atomic mass is 9.43. The smallest absolute Gasteiger partial charge is 0.410 e. The molecule has 4 aliphatic carbocycles. The van der Waals surface area contributed by atoms with Gasteiger partial charge in [0.25, 0.3) is 5.91 Å². The maximum atomic E-state index is 13.4. The summed E-state index contributed by atoms with van der Waals surface area (Å²) in [4.78, 5) is 52.8. The second-order valence-electron chi connectivity index (χ2n) is 17.1. The van der Waals surface area contributed by atoms with Crippen molar-refractivity contribution in [3.8, 4) is 0 Å². The van der Waals surface area contributed by atoms with Gasteiger partial charge in [0.2, 0.25) is 0 Å². The van der Waals surface area contributed by atoms with Crippen LogP contribution in [0.2, 0.25) is 0 Å². The van der Waals surface area contributed by atoms with Crippen LogP contribution in [-0.2, 0) is 9.53 Å².